The van der Waals surface area contributed by atoms with Crippen LogP contribution in [-0.4, -0.2) is 9.97 Å². The van der Waals surface area contributed by atoms with Gasteiger partial charge in [0, 0.05) is 24.3 Å². The first-order valence-electron chi connectivity index (χ1n) is 6.90. The van der Waals surface area contributed by atoms with E-state index in [-0.39, 0.29) is 0 Å². The minimum absolute atomic E-state index is 1.00. The monoisotopic (exact) mass is 326 g/mol. The van der Waals surface area contributed by atoms with E-state index in [1.807, 2.05) is 50.8 Å². The maximum absolute atomic E-state index is 4.76. The van der Waals surface area contributed by atoms with Crippen molar-refractivity contribution in [3.63, 3.8) is 0 Å². The molecule has 0 aromatic carbocycles. The Morgan fingerprint density at radius 2 is 1.18 bits per heavy atom. The number of hydrogen-bond acceptors (Lipinski definition) is 4. The highest BCUT2D eigenvalue weighted by molar-refractivity contribution is 7.29. The van der Waals surface area contributed by atoms with Crippen LogP contribution >= 0.6 is 22.7 Å². The molecule has 0 fully saturated rings. The average Bonchev–Trinajstić information content (AvgIpc) is 3.06. The normalized spacial score (nSPS) is 11.2. The van der Waals surface area contributed by atoms with Gasteiger partial charge < -0.3 is 0 Å². The van der Waals surface area contributed by atoms with Gasteiger partial charge in [0.25, 0.3) is 0 Å². The number of hydrogen-bond donors (Lipinski definition) is 0. The van der Waals surface area contributed by atoms with E-state index in [0.717, 1.165) is 31.1 Å². The van der Waals surface area contributed by atoms with E-state index in [1.165, 1.54) is 0 Å². The predicted molar refractivity (Wildman–Crippen MR) is 88.5 cm³/mol. The minimum Gasteiger partial charge on any atom is -0.217 e. The lowest BCUT2D eigenvalue weighted by Crippen LogP contribution is -2.29. The van der Waals surface area contributed by atoms with Crippen LogP contribution in [0.5, 0.6) is 0 Å². The fourth-order valence-electron chi connectivity index (χ4n) is 2.35. The summed E-state index contributed by atoms with van der Waals surface area (Å²) in [7, 11) is 4.07. The molecule has 6 heteroatoms. The Balaban J connectivity index is 1.81. The highest BCUT2D eigenvalue weighted by Gasteiger charge is 2.20. The zero-order valence-electron chi connectivity index (χ0n) is 12.2. The van der Waals surface area contributed by atoms with E-state index in [9.17, 15) is 0 Å². The molecule has 4 rings (SSSR count). The maximum atomic E-state index is 4.76. The van der Waals surface area contributed by atoms with Crippen LogP contribution in [0.4, 0.5) is 0 Å². The van der Waals surface area contributed by atoms with Gasteiger partial charge in [0.15, 0.2) is 32.1 Å². The first-order chi connectivity index (χ1) is 10.7. The summed E-state index contributed by atoms with van der Waals surface area (Å²) in [6.45, 7) is 0. The first-order valence-corrected chi connectivity index (χ1v) is 8.53. The molecule has 4 nitrogen and oxygen atoms in total. The molecule has 0 aliphatic heterocycles. The lowest BCUT2D eigenvalue weighted by molar-refractivity contribution is -0.660. The fraction of sp³-hybridized carbons (Fsp3) is 0.125. The number of pyridine rings is 2. The van der Waals surface area contributed by atoms with Gasteiger partial charge in [0.1, 0.15) is 14.1 Å². The second-order valence-electron chi connectivity index (χ2n) is 5.04. The molecule has 4 aromatic rings. The van der Waals surface area contributed by atoms with Crippen molar-refractivity contribution in [2.45, 2.75) is 0 Å². The van der Waals surface area contributed by atoms with E-state index in [4.69, 9.17) is 9.97 Å². The average molecular weight is 326 g/mol. The molecule has 0 saturated carbocycles. The van der Waals surface area contributed by atoms with Crippen molar-refractivity contribution in [3.05, 3.63) is 48.8 Å². The molecule has 108 valence electrons. The Bertz CT molecular complexity index is 865. The quantitative estimate of drug-likeness (QED) is 0.531. The van der Waals surface area contributed by atoms with Crippen LogP contribution in [0.1, 0.15) is 0 Å². The third kappa shape index (κ3) is 2.20. The molecule has 0 unspecified atom stereocenters. The van der Waals surface area contributed by atoms with Crippen LogP contribution in [0.2, 0.25) is 0 Å². The third-order valence-electron chi connectivity index (χ3n) is 3.52. The summed E-state index contributed by atoms with van der Waals surface area (Å²) >= 11 is 3.29. The number of fused-ring (bicyclic) bond motifs is 1. The van der Waals surface area contributed by atoms with Crippen molar-refractivity contribution in [2.75, 3.05) is 0 Å². The molecule has 0 atom stereocenters. The van der Waals surface area contributed by atoms with Crippen LogP contribution in [0.15, 0.2) is 48.8 Å². The van der Waals surface area contributed by atoms with Gasteiger partial charge in [-0.1, -0.05) is 22.7 Å². The van der Waals surface area contributed by atoms with Gasteiger partial charge >= 0.3 is 0 Å². The van der Waals surface area contributed by atoms with E-state index in [2.05, 4.69) is 21.3 Å². The standard InChI is InChI=1S/C16H14N4S2/c1-19-9-5-3-7-11(19)13-17-15-16(21-13)18-14(22-15)12-8-4-6-10-20(12)2/h3-10H,1-2H3/q+2. The van der Waals surface area contributed by atoms with Crippen molar-refractivity contribution in [2.24, 2.45) is 14.1 Å². The Labute approximate surface area is 136 Å². The van der Waals surface area contributed by atoms with Crippen molar-refractivity contribution in [1.82, 2.24) is 9.97 Å². The molecule has 0 amide bonds. The second-order valence-corrected chi connectivity index (χ2v) is 7.00. The van der Waals surface area contributed by atoms with Crippen LogP contribution in [0.3, 0.4) is 0 Å². The maximum Gasteiger partial charge on any atom is 0.241 e. The van der Waals surface area contributed by atoms with Gasteiger partial charge in [-0.25, -0.2) is 9.97 Å². The number of aromatic nitrogens is 4. The summed E-state index contributed by atoms with van der Waals surface area (Å²) in [6.07, 6.45) is 4.07. The minimum atomic E-state index is 1.00. The van der Waals surface area contributed by atoms with E-state index >= 15 is 0 Å². The summed E-state index contributed by atoms with van der Waals surface area (Å²) < 4.78 is 4.17. The van der Waals surface area contributed by atoms with Gasteiger partial charge in [0.2, 0.25) is 11.4 Å². The molecule has 4 heterocycles. The zero-order valence-corrected chi connectivity index (χ0v) is 13.9. The predicted octanol–water partition coefficient (Wildman–Crippen LogP) is 2.74. The molecular weight excluding hydrogens is 312 g/mol. The lowest BCUT2D eigenvalue weighted by atomic mass is 10.3. The summed E-state index contributed by atoms with van der Waals surface area (Å²) in [5.74, 6) is 0. The second kappa shape index (κ2) is 5.23. The third-order valence-corrected chi connectivity index (χ3v) is 5.60. The van der Waals surface area contributed by atoms with Crippen LogP contribution in [0, 0.1) is 0 Å². The summed E-state index contributed by atoms with van der Waals surface area (Å²) in [5, 5.41) is 2.03. The molecule has 0 aliphatic carbocycles. The van der Waals surface area contributed by atoms with Crippen LogP contribution < -0.4 is 9.13 Å². The zero-order chi connectivity index (χ0) is 15.1. The van der Waals surface area contributed by atoms with Crippen molar-refractivity contribution in [3.8, 4) is 21.4 Å². The molecule has 0 bridgehead atoms. The van der Waals surface area contributed by atoms with Gasteiger partial charge in [0.05, 0.1) is 0 Å². The smallest absolute Gasteiger partial charge is 0.217 e. The Morgan fingerprint density at radius 1 is 0.727 bits per heavy atom. The largest absolute Gasteiger partial charge is 0.241 e. The number of rotatable bonds is 2. The molecule has 0 N–H and O–H groups in total. The summed E-state index contributed by atoms with van der Waals surface area (Å²) in [5.41, 5.74) is 2.23. The molecule has 0 radical (unpaired) electrons. The van der Waals surface area contributed by atoms with Crippen molar-refractivity contribution in [1.29, 1.82) is 0 Å². The number of thiazole rings is 2. The fourth-order valence-corrected chi connectivity index (χ4v) is 4.53. The topological polar surface area (TPSA) is 33.5 Å². The summed E-state index contributed by atoms with van der Waals surface area (Å²) in [4.78, 5) is 11.5. The summed E-state index contributed by atoms with van der Waals surface area (Å²) in [6, 6.07) is 12.3. The highest BCUT2D eigenvalue weighted by Crippen LogP contribution is 2.34. The van der Waals surface area contributed by atoms with Gasteiger partial charge in [-0.15, -0.1) is 0 Å². The molecule has 22 heavy (non-hydrogen) atoms. The van der Waals surface area contributed by atoms with Gasteiger partial charge in [-0.05, 0) is 12.1 Å². The molecule has 4 aromatic heterocycles. The van der Waals surface area contributed by atoms with Gasteiger partial charge in [-0.2, -0.15) is 9.13 Å². The number of nitrogens with zero attached hydrogens (tertiary/aromatic N) is 4. The van der Waals surface area contributed by atoms with Crippen molar-refractivity contribution >= 4 is 32.3 Å². The molecule has 0 saturated heterocycles. The molecule has 0 aliphatic rings. The van der Waals surface area contributed by atoms with Gasteiger partial charge in [-0.3, -0.25) is 0 Å². The van der Waals surface area contributed by atoms with Crippen LogP contribution in [0.25, 0.3) is 31.1 Å². The van der Waals surface area contributed by atoms with Crippen molar-refractivity contribution < 1.29 is 9.13 Å². The Morgan fingerprint density at radius 3 is 1.59 bits per heavy atom. The molecule has 0 spiro atoms. The van der Waals surface area contributed by atoms with E-state index in [0.29, 0.717) is 0 Å². The lowest BCUT2D eigenvalue weighted by Gasteiger charge is -1.94. The Kier molecular flexibility index (Phi) is 3.20. The van der Waals surface area contributed by atoms with E-state index < -0.39 is 0 Å². The Hall–Kier alpha value is -2.18. The van der Waals surface area contributed by atoms with Crippen LogP contribution in [-0.2, 0) is 14.1 Å². The van der Waals surface area contributed by atoms with E-state index in [1.54, 1.807) is 22.7 Å². The SMILES string of the molecule is C[n+]1ccccc1-c1nc2sc(-c3cccc[n+]3C)nc2s1. The highest BCUT2D eigenvalue weighted by atomic mass is 32.1. The first kappa shape index (κ1) is 13.5. The molecular formula is C16H14N4S2+2. The number of aryl methyl sites for hydroxylation is 2.